The summed E-state index contributed by atoms with van der Waals surface area (Å²) in [6.45, 7) is 7.25. The molecule has 0 aromatic heterocycles. The van der Waals surface area contributed by atoms with Gasteiger partial charge in [0.05, 0.1) is 0 Å². The average Bonchev–Trinajstić information content (AvgIpc) is 2.41. The van der Waals surface area contributed by atoms with Crippen molar-refractivity contribution in [2.24, 2.45) is 5.41 Å². The first-order valence-electron chi connectivity index (χ1n) is 6.55. The number of carbonyl (C=O) groups excluding carboxylic acids is 1. The first-order chi connectivity index (χ1) is 8.46. The Morgan fingerprint density at radius 3 is 2.78 bits per heavy atom. The summed E-state index contributed by atoms with van der Waals surface area (Å²) < 4.78 is 0. The van der Waals surface area contributed by atoms with Crippen LogP contribution in [0.1, 0.15) is 32.3 Å². The zero-order valence-electron chi connectivity index (χ0n) is 11.4. The van der Waals surface area contributed by atoms with Crippen LogP contribution in [0.15, 0.2) is 24.3 Å². The van der Waals surface area contributed by atoms with Gasteiger partial charge in [-0.1, -0.05) is 32.0 Å². The topological polar surface area (TPSA) is 41.1 Å². The molecule has 3 heteroatoms. The molecule has 1 aromatic rings. The summed E-state index contributed by atoms with van der Waals surface area (Å²) in [4.78, 5) is 11.7. The third-order valence-electron chi connectivity index (χ3n) is 3.50. The molecular weight excluding hydrogens is 224 g/mol. The summed E-state index contributed by atoms with van der Waals surface area (Å²) in [6, 6.07) is 8.43. The van der Waals surface area contributed by atoms with Crippen molar-refractivity contribution < 1.29 is 4.79 Å². The van der Waals surface area contributed by atoms with Crippen molar-refractivity contribution in [1.29, 1.82) is 0 Å². The smallest absolute Gasteiger partial charge is 0.222 e. The first-order valence-corrected chi connectivity index (χ1v) is 6.55. The van der Waals surface area contributed by atoms with Crippen molar-refractivity contribution in [3.8, 4) is 0 Å². The number of rotatable bonds is 2. The predicted octanol–water partition coefficient (Wildman–Crippen LogP) is 2.71. The molecule has 1 aliphatic heterocycles. The fraction of sp³-hybridized carbons (Fsp3) is 0.533. The van der Waals surface area contributed by atoms with Crippen LogP contribution in [0, 0.1) is 12.3 Å². The van der Waals surface area contributed by atoms with Crippen LogP contribution in [0.3, 0.4) is 0 Å². The van der Waals surface area contributed by atoms with E-state index in [-0.39, 0.29) is 17.4 Å². The van der Waals surface area contributed by atoms with Crippen LogP contribution in [0.5, 0.6) is 0 Å². The van der Waals surface area contributed by atoms with Crippen molar-refractivity contribution in [2.75, 3.05) is 11.9 Å². The van der Waals surface area contributed by atoms with Gasteiger partial charge in [0.25, 0.3) is 0 Å². The van der Waals surface area contributed by atoms with E-state index < -0.39 is 0 Å². The summed E-state index contributed by atoms with van der Waals surface area (Å²) in [6.07, 6.45) is 1.55. The first kappa shape index (κ1) is 12.9. The Bertz CT molecular complexity index is 440. The third kappa shape index (κ3) is 3.25. The zero-order chi connectivity index (χ0) is 13.2. The normalized spacial score (nSPS) is 23.1. The van der Waals surface area contributed by atoms with Crippen molar-refractivity contribution in [1.82, 2.24) is 5.32 Å². The highest BCUT2D eigenvalue weighted by atomic mass is 16.1. The fourth-order valence-electron chi connectivity index (χ4n) is 2.50. The third-order valence-corrected chi connectivity index (χ3v) is 3.50. The van der Waals surface area contributed by atoms with E-state index in [0.717, 1.165) is 18.7 Å². The zero-order valence-corrected chi connectivity index (χ0v) is 11.4. The lowest BCUT2D eigenvalue weighted by Gasteiger charge is -2.27. The van der Waals surface area contributed by atoms with E-state index in [1.54, 1.807) is 0 Å². The van der Waals surface area contributed by atoms with Gasteiger partial charge in [0.1, 0.15) is 0 Å². The van der Waals surface area contributed by atoms with Gasteiger partial charge < -0.3 is 10.6 Å². The highest BCUT2D eigenvalue weighted by Gasteiger charge is 2.29. The SMILES string of the molecule is Cc1ccccc1NC1CC(=O)NCC(C)(C)C1. The predicted molar refractivity (Wildman–Crippen MR) is 74.6 cm³/mol. The second-order valence-electron chi connectivity index (χ2n) is 6.01. The van der Waals surface area contributed by atoms with E-state index in [9.17, 15) is 4.79 Å². The summed E-state index contributed by atoms with van der Waals surface area (Å²) >= 11 is 0. The van der Waals surface area contributed by atoms with Crippen LogP contribution in [0.4, 0.5) is 5.69 Å². The maximum absolute atomic E-state index is 11.7. The van der Waals surface area contributed by atoms with Gasteiger partial charge in [0.2, 0.25) is 5.91 Å². The highest BCUT2D eigenvalue weighted by Crippen LogP contribution is 2.27. The molecule has 1 aromatic carbocycles. The molecule has 0 aliphatic carbocycles. The summed E-state index contributed by atoms with van der Waals surface area (Å²) in [5.41, 5.74) is 2.50. The van der Waals surface area contributed by atoms with Crippen LogP contribution < -0.4 is 10.6 Å². The molecule has 1 aliphatic rings. The standard InChI is InChI=1S/C15H22N2O/c1-11-6-4-5-7-13(11)17-12-8-14(18)16-10-15(2,3)9-12/h4-7,12,17H,8-10H2,1-3H3,(H,16,18). The van der Waals surface area contributed by atoms with Crippen LogP contribution in [-0.4, -0.2) is 18.5 Å². The minimum Gasteiger partial charge on any atom is -0.382 e. The van der Waals surface area contributed by atoms with Gasteiger partial charge >= 0.3 is 0 Å². The fourth-order valence-corrected chi connectivity index (χ4v) is 2.50. The number of nitrogens with one attached hydrogen (secondary N) is 2. The van der Waals surface area contributed by atoms with Crippen molar-refractivity contribution >= 4 is 11.6 Å². The van der Waals surface area contributed by atoms with Crippen LogP contribution >= 0.6 is 0 Å². The van der Waals surface area contributed by atoms with Gasteiger partial charge in [0, 0.05) is 24.7 Å². The number of benzene rings is 1. The van der Waals surface area contributed by atoms with Crippen LogP contribution in [0.2, 0.25) is 0 Å². The molecular formula is C15H22N2O. The van der Waals surface area contributed by atoms with E-state index >= 15 is 0 Å². The van der Waals surface area contributed by atoms with Gasteiger partial charge in [-0.2, -0.15) is 0 Å². The Hall–Kier alpha value is -1.51. The molecule has 1 atom stereocenters. The summed E-state index contributed by atoms with van der Waals surface area (Å²) in [5.74, 6) is 0.145. The molecule has 0 bridgehead atoms. The Balaban J connectivity index is 2.12. The number of para-hydroxylation sites is 1. The molecule has 1 amide bonds. The molecule has 1 fully saturated rings. The van der Waals surface area contributed by atoms with E-state index in [2.05, 4.69) is 43.5 Å². The van der Waals surface area contributed by atoms with Crippen LogP contribution in [0.25, 0.3) is 0 Å². The van der Waals surface area contributed by atoms with Gasteiger partial charge in [-0.05, 0) is 30.4 Å². The van der Waals surface area contributed by atoms with E-state index in [1.165, 1.54) is 5.56 Å². The molecule has 0 saturated carbocycles. The quantitative estimate of drug-likeness (QED) is 0.842. The summed E-state index contributed by atoms with van der Waals surface area (Å²) in [5, 5.41) is 6.50. The molecule has 0 radical (unpaired) electrons. The molecule has 0 spiro atoms. The maximum Gasteiger partial charge on any atom is 0.222 e. The van der Waals surface area contributed by atoms with Crippen molar-refractivity contribution in [3.63, 3.8) is 0 Å². The molecule has 3 nitrogen and oxygen atoms in total. The van der Waals surface area contributed by atoms with Gasteiger partial charge in [-0.15, -0.1) is 0 Å². The average molecular weight is 246 g/mol. The minimum absolute atomic E-state index is 0.145. The summed E-state index contributed by atoms with van der Waals surface area (Å²) in [7, 11) is 0. The highest BCUT2D eigenvalue weighted by molar-refractivity contribution is 5.77. The van der Waals surface area contributed by atoms with Crippen molar-refractivity contribution in [2.45, 2.75) is 39.7 Å². The monoisotopic (exact) mass is 246 g/mol. The van der Waals surface area contributed by atoms with E-state index in [4.69, 9.17) is 0 Å². The second kappa shape index (κ2) is 5.01. The molecule has 98 valence electrons. The molecule has 1 saturated heterocycles. The van der Waals surface area contributed by atoms with Gasteiger partial charge in [0.15, 0.2) is 0 Å². The molecule has 1 unspecified atom stereocenters. The Morgan fingerprint density at radius 2 is 2.06 bits per heavy atom. The lowest BCUT2D eigenvalue weighted by molar-refractivity contribution is -0.121. The van der Waals surface area contributed by atoms with E-state index in [0.29, 0.717) is 6.42 Å². The Morgan fingerprint density at radius 1 is 1.33 bits per heavy atom. The number of hydrogen-bond acceptors (Lipinski definition) is 2. The molecule has 1 heterocycles. The number of amides is 1. The lowest BCUT2D eigenvalue weighted by atomic mass is 9.86. The lowest BCUT2D eigenvalue weighted by Crippen LogP contribution is -2.30. The molecule has 2 rings (SSSR count). The number of anilines is 1. The number of aryl methyl sites for hydroxylation is 1. The molecule has 18 heavy (non-hydrogen) atoms. The van der Waals surface area contributed by atoms with Crippen LogP contribution in [-0.2, 0) is 4.79 Å². The van der Waals surface area contributed by atoms with E-state index in [1.807, 2.05) is 12.1 Å². The van der Waals surface area contributed by atoms with Crippen molar-refractivity contribution in [3.05, 3.63) is 29.8 Å². The van der Waals surface area contributed by atoms with Gasteiger partial charge in [-0.3, -0.25) is 4.79 Å². The molecule has 2 N–H and O–H groups in total. The largest absolute Gasteiger partial charge is 0.382 e. The number of carbonyl (C=O) groups is 1. The maximum atomic E-state index is 11.7. The van der Waals surface area contributed by atoms with Gasteiger partial charge in [-0.25, -0.2) is 0 Å². The number of hydrogen-bond donors (Lipinski definition) is 2. The minimum atomic E-state index is 0.145. The Labute approximate surface area is 109 Å². The second-order valence-corrected chi connectivity index (χ2v) is 6.01. The Kier molecular flexibility index (Phi) is 3.60.